The van der Waals surface area contributed by atoms with Crippen LogP contribution in [0.4, 0.5) is 17.6 Å². The molecule has 0 amide bonds. The lowest BCUT2D eigenvalue weighted by molar-refractivity contribution is -0.169. The summed E-state index contributed by atoms with van der Waals surface area (Å²) in [4.78, 5) is 44.6. The van der Waals surface area contributed by atoms with Crippen molar-refractivity contribution < 1.29 is 55.7 Å². The molecule has 0 aromatic heterocycles. The van der Waals surface area contributed by atoms with Gasteiger partial charge in [0, 0.05) is 6.92 Å². The Labute approximate surface area is 191 Å². The first-order valence-corrected chi connectivity index (χ1v) is 10.2. The van der Waals surface area contributed by atoms with E-state index in [2.05, 4.69) is 18.9 Å². The lowest BCUT2D eigenvalue weighted by Gasteiger charge is -2.20. The van der Waals surface area contributed by atoms with Crippen molar-refractivity contribution in [3.63, 3.8) is 0 Å². The second-order valence-electron chi connectivity index (χ2n) is 8.43. The fourth-order valence-corrected chi connectivity index (χ4v) is 1.37. The van der Waals surface area contributed by atoms with Gasteiger partial charge in [-0.1, -0.05) is 13.8 Å². The van der Waals surface area contributed by atoms with E-state index in [1.807, 2.05) is 0 Å². The highest BCUT2D eigenvalue weighted by atomic mass is 19.3. The molecule has 0 rings (SSSR count). The van der Waals surface area contributed by atoms with E-state index >= 15 is 0 Å². The van der Waals surface area contributed by atoms with Crippen molar-refractivity contribution in [2.45, 2.75) is 73.7 Å². The number of alkyl halides is 4. The molecular formula is C21H34F4O8. The van der Waals surface area contributed by atoms with Crippen LogP contribution in [0.15, 0.2) is 0 Å². The summed E-state index contributed by atoms with van der Waals surface area (Å²) in [6.07, 6.45) is -1.61. The number of hydrogen-bond acceptors (Lipinski definition) is 8. The van der Waals surface area contributed by atoms with E-state index < -0.39 is 73.5 Å². The number of esters is 4. The Morgan fingerprint density at radius 3 is 1.36 bits per heavy atom. The Kier molecular flexibility index (Phi) is 14.6. The summed E-state index contributed by atoms with van der Waals surface area (Å²) in [6.45, 7) is 7.64. The first-order valence-electron chi connectivity index (χ1n) is 10.2. The Hall–Kier alpha value is -2.40. The maximum absolute atomic E-state index is 12.3. The van der Waals surface area contributed by atoms with Crippen molar-refractivity contribution in [2.75, 3.05) is 26.4 Å². The van der Waals surface area contributed by atoms with Crippen molar-refractivity contribution in [1.82, 2.24) is 0 Å². The lowest BCUT2D eigenvalue weighted by atomic mass is 9.91. The normalized spacial score (nSPS) is 11.8. The van der Waals surface area contributed by atoms with Crippen LogP contribution in [0, 0.1) is 10.8 Å². The summed E-state index contributed by atoms with van der Waals surface area (Å²) in [5.41, 5.74) is -1.39. The fourth-order valence-electron chi connectivity index (χ4n) is 1.37. The van der Waals surface area contributed by atoms with Gasteiger partial charge in [0.15, 0.2) is 26.4 Å². The van der Waals surface area contributed by atoms with E-state index in [0.29, 0.717) is 19.8 Å². The first-order chi connectivity index (χ1) is 14.9. The molecule has 0 saturated heterocycles. The van der Waals surface area contributed by atoms with Gasteiger partial charge in [-0.05, 0) is 40.5 Å². The third kappa shape index (κ3) is 16.8. The summed E-state index contributed by atoms with van der Waals surface area (Å²) in [5, 5.41) is 0. The Morgan fingerprint density at radius 1 is 0.697 bits per heavy atom. The van der Waals surface area contributed by atoms with Gasteiger partial charge in [0.1, 0.15) is 0 Å². The highest BCUT2D eigenvalue weighted by molar-refractivity contribution is 5.80. The second kappa shape index (κ2) is 14.7. The molecule has 0 saturated carbocycles. The largest absolute Gasteiger partial charge is 0.457 e. The molecule has 0 unspecified atom stereocenters. The van der Waals surface area contributed by atoms with Crippen LogP contribution in [0.25, 0.3) is 0 Å². The van der Waals surface area contributed by atoms with Gasteiger partial charge in [-0.15, -0.1) is 0 Å². The third-order valence-corrected chi connectivity index (χ3v) is 4.37. The summed E-state index contributed by atoms with van der Waals surface area (Å²) < 4.78 is 65.7. The van der Waals surface area contributed by atoms with E-state index in [-0.39, 0.29) is 0 Å². The van der Waals surface area contributed by atoms with E-state index in [1.165, 1.54) is 0 Å². The van der Waals surface area contributed by atoms with Crippen LogP contribution in [0.3, 0.4) is 0 Å². The van der Waals surface area contributed by atoms with E-state index in [0.717, 1.165) is 0 Å². The average molecular weight is 490 g/mol. The van der Waals surface area contributed by atoms with Crippen LogP contribution in [0.1, 0.15) is 61.3 Å². The predicted molar refractivity (Wildman–Crippen MR) is 109 cm³/mol. The van der Waals surface area contributed by atoms with Gasteiger partial charge >= 0.3 is 23.9 Å². The highest BCUT2D eigenvalue weighted by Crippen LogP contribution is 2.22. The fraction of sp³-hybridized carbons (Fsp3) is 0.810. The smallest absolute Gasteiger partial charge is 0.344 e. The topological polar surface area (TPSA) is 105 Å². The van der Waals surface area contributed by atoms with Crippen LogP contribution >= 0.6 is 0 Å². The average Bonchev–Trinajstić information content (AvgIpc) is 2.72. The number of carbonyl (C=O) groups is 4. The summed E-state index contributed by atoms with van der Waals surface area (Å²) in [7, 11) is 0. The van der Waals surface area contributed by atoms with Gasteiger partial charge in [-0.3, -0.25) is 9.59 Å². The minimum Gasteiger partial charge on any atom is -0.457 e. The van der Waals surface area contributed by atoms with Gasteiger partial charge in [-0.25, -0.2) is 27.2 Å². The molecule has 12 heteroatoms. The molecule has 0 atom stereocenters. The first kappa shape index (κ1) is 32.8. The molecule has 0 aliphatic carbocycles. The standard InChI is InChI=1S/C11H18F2O4.C10H16F2O4/c1-5-10(2,3)9(15)16-6-8(14)17-7-11(4,12)13;1-4-10(2,3)9(14)16-6-8(13)15-5-7(11)12/h5-7H2,1-4H3;7H,4-6H2,1-3H3. The zero-order valence-electron chi connectivity index (χ0n) is 20.1. The minimum atomic E-state index is -3.08. The monoisotopic (exact) mass is 490 g/mol. The molecule has 8 nitrogen and oxygen atoms in total. The molecule has 0 spiro atoms. The van der Waals surface area contributed by atoms with Crippen LogP contribution < -0.4 is 0 Å². The second-order valence-corrected chi connectivity index (χ2v) is 8.43. The molecule has 0 N–H and O–H groups in total. The van der Waals surface area contributed by atoms with Gasteiger partial charge in [-0.2, -0.15) is 0 Å². The zero-order valence-corrected chi connectivity index (χ0v) is 20.1. The molecule has 0 fully saturated rings. The summed E-state index contributed by atoms with van der Waals surface area (Å²) >= 11 is 0. The Balaban J connectivity index is 0. The van der Waals surface area contributed by atoms with E-state index in [1.54, 1.807) is 41.5 Å². The number of halogens is 4. The van der Waals surface area contributed by atoms with Crippen LogP contribution in [0.2, 0.25) is 0 Å². The van der Waals surface area contributed by atoms with Crippen LogP contribution in [0.5, 0.6) is 0 Å². The molecule has 0 aromatic carbocycles. The third-order valence-electron chi connectivity index (χ3n) is 4.37. The quantitative estimate of drug-likeness (QED) is 0.230. The van der Waals surface area contributed by atoms with Gasteiger partial charge in [0.25, 0.3) is 12.3 Å². The predicted octanol–water partition coefficient (Wildman–Crippen LogP) is 3.94. The van der Waals surface area contributed by atoms with Crippen LogP contribution in [-0.2, 0) is 38.1 Å². The summed E-state index contributed by atoms with van der Waals surface area (Å²) in [6, 6.07) is 0. The molecular weight excluding hydrogens is 456 g/mol. The number of hydrogen-bond donors (Lipinski definition) is 0. The van der Waals surface area contributed by atoms with Crippen molar-refractivity contribution in [3.05, 3.63) is 0 Å². The minimum absolute atomic E-state index is 0.550. The molecule has 194 valence electrons. The van der Waals surface area contributed by atoms with Gasteiger partial charge < -0.3 is 18.9 Å². The molecule has 33 heavy (non-hydrogen) atoms. The SMILES string of the molecule is CCC(C)(C)C(=O)OCC(=O)OCC(C)(F)F.CCC(C)(C)C(=O)OCC(=O)OCC(F)F. The Morgan fingerprint density at radius 2 is 1.06 bits per heavy atom. The van der Waals surface area contributed by atoms with Crippen molar-refractivity contribution >= 4 is 23.9 Å². The van der Waals surface area contributed by atoms with Gasteiger partial charge in [0.05, 0.1) is 10.8 Å². The van der Waals surface area contributed by atoms with Crippen molar-refractivity contribution in [1.29, 1.82) is 0 Å². The molecule has 0 heterocycles. The molecule has 0 aliphatic heterocycles. The van der Waals surface area contributed by atoms with E-state index in [4.69, 9.17) is 0 Å². The van der Waals surface area contributed by atoms with Gasteiger partial charge in [0.2, 0.25) is 0 Å². The number of rotatable bonds is 12. The maximum Gasteiger partial charge on any atom is 0.344 e. The Bertz CT molecular complexity index is 643. The number of ether oxygens (including phenoxy) is 4. The van der Waals surface area contributed by atoms with Crippen molar-refractivity contribution in [3.8, 4) is 0 Å². The van der Waals surface area contributed by atoms with Crippen molar-refractivity contribution in [2.24, 2.45) is 10.8 Å². The van der Waals surface area contributed by atoms with Crippen LogP contribution in [-0.4, -0.2) is 62.7 Å². The molecule has 0 bridgehead atoms. The maximum atomic E-state index is 12.3. The zero-order chi connectivity index (χ0) is 26.5. The number of carbonyl (C=O) groups excluding carboxylic acids is 4. The molecule has 0 aliphatic rings. The molecule has 0 aromatic rings. The van der Waals surface area contributed by atoms with E-state index in [9.17, 15) is 36.7 Å². The molecule has 0 radical (unpaired) electrons. The lowest BCUT2D eigenvalue weighted by Crippen LogP contribution is -2.29. The highest BCUT2D eigenvalue weighted by Gasteiger charge is 2.29. The summed E-state index contributed by atoms with van der Waals surface area (Å²) in [5.74, 6) is -6.14.